The fourth-order valence-corrected chi connectivity index (χ4v) is 1.27. The van der Waals surface area contributed by atoms with Crippen molar-refractivity contribution in [1.29, 1.82) is 5.26 Å². The molecular weight excluding hydrogens is 232 g/mol. The lowest BCUT2D eigenvalue weighted by Crippen LogP contribution is -2.05. The molecule has 1 aromatic rings. The summed E-state index contributed by atoms with van der Waals surface area (Å²) in [6.07, 6.45) is -1.27. The number of rotatable bonds is 3. The summed E-state index contributed by atoms with van der Waals surface area (Å²) < 4.78 is 0. The van der Waals surface area contributed by atoms with Gasteiger partial charge in [0.1, 0.15) is 17.0 Å². The Hall–Kier alpha value is -1.90. The van der Waals surface area contributed by atoms with Crippen LogP contribution in [-0.2, 0) is 0 Å². The number of aromatic nitrogens is 1. The first-order chi connectivity index (χ1) is 7.47. The molecule has 16 heavy (non-hydrogen) atoms. The maximum Gasteiger partial charge on any atom is 0.354 e. The zero-order valence-corrected chi connectivity index (χ0v) is 8.77. The maximum atomic E-state index is 10.6. The molecule has 0 spiro atoms. The second kappa shape index (κ2) is 4.75. The minimum Gasteiger partial charge on any atom is -0.477 e. The minimum atomic E-state index is -1.27. The van der Waals surface area contributed by atoms with Crippen LogP contribution >= 0.6 is 11.6 Å². The fraction of sp³-hybridized carbons (Fsp3) is 0.100. The molecule has 0 aliphatic heterocycles. The number of aromatic carboxylic acids is 1. The SMILES string of the molecule is C=C(C#N)C(O)c1ccc(C(=O)O)nc1Cl. The third-order valence-electron chi connectivity index (χ3n) is 1.86. The van der Waals surface area contributed by atoms with E-state index < -0.39 is 12.1 Å². The number of halogens is 1. The highest BCUT2D eigenvalue weighted by atomic mass is 35.5. The topological polar surface area (TPSA) is 94.2 Å². The Balaban J connectivity index is 3.14. The lowest BCUT2D eigenvalue weighted by atomic mass is 10.1. The summed E-state index contributed by atoms with van der Waals surface area (Å²) in [5.41, 5.74) is -0.173. The number of nitriles is 1. The molecule has 2 N–H and O–H groups in total. The second-order valence-corrected chi connectivity index (χ2v) is 3.28. The van der Waals surface area contributed by atoms with E-state index in [0.717, 1.165) is 0 Å². The number of aliphatic hydroxyl groups excluding tert-OH is 1. The molecule has 0 radical (unpaired) electrons. The van der Waals surface area contributed by atoms with Crippen molar-refractivity contribution in [2.24, 2.45) is 0 Å². The summed E-state index contributed by atoms with van der Waals surface area (Å²) in [5.74, 6) is -1.22. The van der Waals surface area contributed by atoms with Crippen molar-refractivity contribution in [2.75, 3.05) is 0 Å². The zero-order chi connectivity index (χ0) is 12.3. The summed E-state index contributed by atoms with van der Waals surface area (Å²) in [5, 5.41) is 26.6. The first kappa shape index (κ1) is 12.2. The summed E-state index contributed by atoms with van der Waals surface area (Å²) in [7, 11) is 0. The molecule has 1 heterocycles. The molecule has 0 aromatic carbocycles. The highest BCUT2D eigenvalue weighted by Gasteiger charge is 2.17. The molecule has 0 saturated heterocycles. The van der Waals surface area contributed by atoms with Crippen LogP contribution in [0.3, 0.4) is 0 Å². The summed E-state index contributed by atoms with van der Waals surface area (Å²) in [6, 6.07) is 4.17. The van der Waals surface area contributed by atoms with Gasteiger partial charge >= 0.3 is 5.97 Å². The van der Waals surface area contributed by atoms with Gasteiger partial charge in [0.2, 0.25) is 0 Å². The minimum absolute atomic E-state index is 0.0909. The molecule has 1 rings (SSSR count). The van der Waals surface area contributed by atoms with Crippen molar-refractivity contribution in [3.8, 4) is 6.07 Å². The highest BCUT2D eigenvalue weighted by molar-refractivity contribution is 6.30. The van der Waals surface area contributed by atoms with Crippen LogP contribution in [0.5, 0.6) is 0 Å². The van der Waals surface area contributed by atoms with Gasteiger partial charge in [-0.1, -0.05) is 24.2 Å². The van der Waals surface area contributed by atoms with E-state index in [9.17, 15) is 9.90 Å². The summed E-state index contributed by atoms with van der Waals surface area (Å²) in [4.78, 5) is 14.1. The van der Waals surface area contributed by atoms with Gasteiger partial charge in [-0.15, -0.1) is 0 Å². The van der Waals surface area contributed by atoms with Gasteiger partial charge in [0.05, 0.1) is 11.6 Å². The van der Waals surface area contributed by atoms with Crippen LogP contribution in [0.2, 0.25) is 5.15 Å². The van der Waals surface area contributed by atoms with E-state index in [0.29, 0.717) is 0 Å². The normalized spacial score (nSPS) is 11.6. The molecule has 0 amide bonds. The number of carboxylic acid groups (broad SMARTS) is 1. The number of aliphatic hydroxyl groups is 1. The molecule has 0 fully saturated rings. The third kappa shape index (κ3) is 2.37. The Kier molecular flexibility index (Phi) is 3.61. The van der Waals surface area contributed by atoms with E-state index >= 15 is 0 Å². The van der Waals surface area contributed by atoms with Crippen LogP contribution in [0.4, 0.5) is 0 Å². The largest absolute Gasteiger partial charge is 0.477 e. The smallest absolute Gasteiger partial charge is 0.354 e. The quantitative estimate of drug-likeness (QED) is 0.615. The molecule has 1 unspecified atom stereocenters. The fourth-order valence-electron chi connectivity index (χ4n) is 1.02. The van der Waals surface area contributed by atoms with Gasteiger partial charge in [-0.25, -0.2) is 9.78 Å². The predicted molar refractivity (Wildman–Crippen MR) is 55.9 cm³/mol. The molecular formula is C10H7ClN2O3. The molecule has 0 saturated carbocycles. The van der Waals surface area contributed by atoms with E-state index in [1.807, 2.05) is 0 Å². The van der Waals surface area contributed by atoms with Crippen LogP contribution in [-0.4, -0.2) is 21.2 Å². The van der Waals surface area contributed by atoms with Crippen LogP contribution in [0.25, 0.3) is 0 Å². The van der Waals surface area contributed by atoms with Gasteiger partial charge in [-0.2, -0.15) is 5.26 Å². The van der Waals surface area contributed by atoms with E-state index in [-0.39, 0.29) is 22.0 Å². The molecule has 0 aliphatic rings. The Morgan fingerprint density at radius 1 is 1.62 bits per heavy atom. The Morgan fingerprint density at radius 2 is 2.25 bits per heavy atom. The van der Waals surface area contributed by atoms with Crippen molar-refractivity contribution in [2.45, 2.75) is 6.10 Å². The Bertz CT molecular complexity index is 493. The number of hydrogen-bond donors (Lipinski definition) is 2. The number of pyridine rings is 1. The molecule has 0 aliphatic carbocycles. The molecule has 5 nitrogen and oxygen atoms in total. The van der Waals surface area contributed by atoms with Crippen molar-refractivity contribution < 1.29 is 15.0 Å². The van der Waals surface area contributed by atoms with E-state index in [2.05, 4.69) is 11.6 Å². The third-order valence-corrected chi connectivity index (χ3v) is 2.17. The lowest BCUT2D eigenvalue weighted by Gasteiger charge is -2.10. The predicted octanol–water partition coefficient (Wildman–Crippen LogP) is 1.55. The van der Waals surface area contributed by atoms with Crippen molar-refractivity contribution >= 4 is 17.6 Å². The standard InChI is InChI=1S/C10H7ClN2O3/c1-5(4-12)8(14)6-2-3-7(10(15)16)13-9(6)11/h2-3,8,14H,1H2,(H,15,16). The van der Waals surface area contributed by atoms with Gasteiger partial charge in [0.15, 0.2) is 0 Å². The van der Waals surface area contributed by atoms with Crippen molar-refractivity contribution in [3.63, 3.8) is 0 Å². The molecule has 6 heteroatoms. The molecule has 1 atom stereocenters. The maximum absolute atomic E-state index is 10.6. The van der Waals surface area contributed by atoms with Gasteiger partial charge in [0, 0.05) is 5.56 Å². The average Bonchev–Trinajstić information content (AvgIpc) is 2.26. The van der Waals surface area contributed by atoms with Gasteiger partial charge in [-0.3, -0.25) is 0 Å². The Labute approximate surface area is 96.2 Å². The van der Waals surface area contributed by atoms with Crippen LogP contribution in [0.1, 0.15) is 22.2 Å². The Morgan fingerprint density at radius 3 is 2.69 bits per heavy atom. The van der Waals surface area contributed by atoms with Crippen LogP contribution in [0.15, 0.2) is 24.3 Å². The van der Waals surface area contributed by atoms with Gasteiger partial charge in [0.25, 0.3) is 0 Å². The zero-order valence-electron chi connectivity index (χ0n) is 8.01. The van der Waals surface area contributed by atoms with Crippen LogP contribution < -0.4 is 0 Å². The van der Waals surface area contributed by atoms with E-state index in [1.165, 1.54) is 12.1 Å². The number of carboxylic acids is 1. The average molecular weight is 239 g/mol. The number of carbonyl (C=O) groups is 1. The van der Waals surface area contributed by atoms with Crippen LogP contribution in [0, 0.1) is 11.3 Å². The number of hydrogen-bond acceptors (Lipinski definition) is 4. The van der Waals surface area contributed by atoms with E-state index in [4.69, 9.17) is 22.0 Å². The van der Waals surface area contributed by atoms with E-state index in [1.54, 1.807) is 6.07 Å². The monoisotopic (exact) mass is 238 g/mol. The van der Waals surface area contributed by atoms with Gasteiger partial charge in [-0.05, 0) is 6.07 Å². The molecule has 1 aromatic heterocycles. The molecule has 82 valence electrons. The first-order valence-corrected chi connectivity index (χ1v) is 4.52. The van der Waals surface area contributed by atoms with Crippen molar-refractivity contribution in [1.82, 2.24) is 4.98 Å². The highest BCUT2D eigenvalue weighted by Crippen LogP contribution is 2.25. The first-order valence-electron chi connectivity index (χ1n) is 4.14. The van der Waals surface area contributed by atoms with Gasteiger partial charge < -0.3 is 10.2 Å². The summed E-state index contributed by atoms with van der Waals surface area (Å²) in [6.45, 7) is 3.33. The van der Waals surface area contributed by atoms with Crippen molar-refractivity contribution in [3.05, 3.63) is 40.7 Å². The lowest BCUT2D eigenvalue weighted by molar-refractivity contribution is 0.0690. The second-order valence-electron chi connectivity index (χ2n) is 2.92. The summed E-state index contributed by atoms with van der Waals surface area (Å²) >= 11 is 5.68. The molecule has 0 bridgehead atoms. The number of nitrogens with zero attached hydrogens (tertiary/aromatic N) is 2.